The van der Waals surface area contributed by atoms with Crippen molar-refractivity contribution in [2.75, 3.05) is 18.0 Å². The molecule has 4 aromatic rings. The van der Waals surface area contributed by atoms with Crippen molar-refractivity contribution in [3.63, 3.8) is 0 Å². The Kier molecular flexibility index (Phi) is 4.95. The van der Waals surface area contributed by atoms with Crippen molar-refractivity contribution in [2.45, 2.75) is 20.3 Å². The highest BCUT2D eigenvalue weighted by atomic mass is 35.5. The molecule has 0 aliphatic carbocycles. The molecule has 0 radical (unpaired) electrons. The number of hydrogen-bond donors (Lipinski definition) is 0. The molecule has 5 rings (SSSR count). The van der Waals surface area contributed by atoms with Crippen LogP contribution in [-0.4, -0.2) is 27.7 Å². The molecule has 0 saturated carbocycles. The second kappa shape index (κ2) is 7.77. The fourth-order valence-electron chi connectivity index (χ4n) is 4.55. The van der Waals surface area contributed by atoms with Gasteiger partial charge in [-0.15, -0.1) is 0 Å². The predicted octanol–water partition coefficient (Wildman–Crippen LogP) is 6.20. The van der Waals surface area contributed by atoms with Gasteiger partial charge in [0.15, 0.2) is 5.65 Å². The minimum atomic E-state index is 0.656. The van der Waals surface area contributed by atoms with Gasteiger partial charge in [-0.3, -0.25) is 0 Å². The molecule has 0 bridgehead atoms. The summed E-state index contributed by atoms with van der Waals surface area (Å²) in [6.45, 7) is 6.74. The van der Waals surface area contributed by atoms with Crippen molar-refractivity contribution in [3.8, 4) is 22.5 Å². The number of nitrogens with zero attached hydrogens (tertiary/aromatic N) is 4. The van der Waals surface area contributed by atoms with Crippen LogP contribution in [0.1, 0.15) is 20.3 Å². The molecule has 0 N–H and O–H groups in total. The molecule has 1 aliphatic heterocycles. The number of aromatic nitrogens is 3. The Morgan fingerprint density at radius 2 is 1.50 bits per heavy atom. The number of halogens is 1. The Hall–Kier alpha value is -2.85. The van der Waals surface area contributed by atoms with Crippen LogP contribution in [0.5, 0.6) is 0 Å². The van der Waals surface area contributed by atoms with Gasteiger partial charge in [0.1, 0.15) is 5.82 Å². The number of benzene rings is 2. The molecule has 0 unspecified atom stereocenters. The van der Waals surface area contributed by atoms with Crippen LogP contribution in [0.4, 0.5) is 5.82 Å². The van der Waals surface area contributed by atoms with E-state index in [1.165, 1.54) is 6.42 Å². The molecule has 152 valence electrons. The van der Waals surface area contributed by atoms with E-state index in [0.29, 0.717) is 11.8 Å². The molecule has 0 amide bonds. The zero-order valence-electron chi connectivity index (χ0n) is 17.3. The van der Waals surface area contributed by atoms with Gasteiger partial charge >= 0.3 is 0 Å². The van der Waals surface area contributed by atoms with Gasteiger partial charge in [0.2, 0.25) is 0 Å². The molecule has 4 nitrogen and oxygen atoms in total. The maximum Gasteiger partial charge on any atom is 0.158 e. The number of hydrogen-bond acceptors (Lipinski definition) is 3. The Morgan fingerprint density at radius 1 is 0.833 bits per heavy atom. The van der Waals surface area contributed by atoms with Gasteiger partial charge in [-0.1, -0.05) is 67.9 Å². The molecule has 3 heterocycles. The van der Waals surface area contributed by atoms with Crippen LogP contribution in [0.2, 0.25) is 5.02 Å². The lowest BCUT2D eigenvalue weighted by Gasteiger charge is -2.36. The molecule has 2 aromatic carbocycles. The lowest BCUT2D eigenvalue weighted by Crippen LogP contribution is -2.39. The standard InChI is InChI=1S/C25H25ClN4/c1-17-12-18(2)16-29(15-17)25-14-22(19-6-4-3-5-7-19)27-24-13-23(28-30(24)25)20-8-10-21(26)11-9-20/h3-11,13-14,17-18H,12,15-16H2,1-2H3/t17-,18+. The Balaban J connectivity index is 1.67. The smallest absolute Gasteiger partial charge is 0.158 e. The van der Waals surface area contributed by atoms with Gasteiger partial charge in [-0.25, -0.2) is 4.98 Å². The van der Waals surface area contributed by atoms with Gasteiger partial charge in [0, 0.05) is 41.4 Å². The van der Waals surface area contributed by atoms with Crippen LogP contribution in [-0.2, 0) is 0 Å². The molecule has 1 aliphatic rings. The topological polar surface area (TPSA) is 33.4 Å². The van der Waals surface area contributed by atoms with E-state index in [1.807, 2.05) is 34.8 Å². The highest BCUT2D eigenvalue weighted by molar-refractivity contribution is 6.30. The van der Waals surface area contributed by atoms with Gasteiger partial charge < -0.3 is 4.90 Å². The summed E-state index contributed by atoms with van der Waals surface area (Å²) >= 11 is 6.08. The van der Waals surface area contributed by atoms with Gasteiger partial charge in [-0.05, 0) is 30.4 Å². The molecule has 5 heteroatoms. The number of fused-ring (bicyclic) bond motifs is 1. The van der Waals surface area contributed by atoms with Crippen LogP contribution in [0, 0.1) is 11.8 Å². The van der Waals surface area contributed by atoms with Gasteiger partial charge in [0.25, 0.3) is 0 Å². The van der Waals surface area contributed by atoms with Crippen molar-refractivity contribution >= 4 is 23.1 Å². The first kappa shape index (κ1) is 19.1. The van der Waals surface area contributed by atoms with E-state index in [2.05, 4.69) is 55.1 Å². The average molecular weight is 417 g/mol. The summed E-state index contributed by atoms with van der Waals surface area (Å²) in [7, 11) is 0. The van der Waals surface area contributed by atoms with E-state index in [0.717, 1.165) is 52.1 Å². The number of piperidine rings is 1. The highest BCUT2D eigenvalue weighted by Gasteiger charge is 2.25. The molecule has 2 atom stereocenters. The zero-order chi connectivity index (χ0) is 20.7. The second-order valence-electron chi connectivity index (χ2n) is 8.52. The Bertz CT molecular complexity index is 1160. The minimum absolute atomic E-state index is 0.656. The van der Waals surface area contributed by atoms with Gasteiger partial charge in [-0.2, -0.15) is 9.61 Å². The highest BCUT2D eigenvalue weighted by Crippen LogP contribution is 2.31. The fraction of sp³-hybridized carbons (Fsp3) is 0.280. The van der Waals surface area contributed by atoms with Crippen LogP contribution in [0.25, 0.3) is 28.2 Å². The SMILES string of the molecule is C[C@@H]1C[C@H](C)CN(c2cc(-c3ccccc3)nc3cc(-c4ccc(Cl)cc4)nn23)C1. The average Bonchev–Trinajstić information content (AvgIpc) is 3.17. The van der Waals surface area contributed by atoms with Crippen LogP contribution < -0.4 is 4.90 Å². The molecular formula is C25H25ClN4. The number of rotatable bonds is 3. The van der Waals surface area contributed by atoms with Crippen molar-refractivity contribution in [2.24, 2.45) is 11.8 Å². The van der Waals surface area contributed by atoms with Gasteiger partial charge in [0.05, 0.1) is 11.4 Å². The summed E-state index contributed by atoms with van der Waals surface area (Å²) in [5, 5.41) is 5.67. The van der Waals surface area contributed by atoms with Crippen LogP contribution in [0.15, 0.2) is 66.7 Å². The van der Waals surface area contributed by atoms with E-state index in [9.17, 15) is 0 Å². The van der Waals surface area contributed by atoms with E-state index in [-0.39, 0.29) is 0 Å². The molecule has 1 fully saturated rings. The summed E-state index contributed by atoms with van der Waals surface area (Å²) in [4.78, 5) is 7.42. The van der Waals surface area contributed by atoms with Crippen LogP contribution >= 0.6 is 11.6 Å². The molecule has 30 heavy (non-hydrogen) atoms. The van der Waals surface area contributed by atoms with Crippen molar-refractivity contribution in [3.05, 3.63) is 71.8 Å². The summed E-state index contributed by atoms with van der Waals surface area (Å²) < 4.78 is 2.00. The summed E-state index contributed by atoms with van der Waals surface area (Å²) in [6, 6.07) is 22.4. The van der Waals surface area contributed by atoms with Crippen LogP contribution in [0.3, 0.4) is 0 Å². The van der Waals surface area contributed by atoms with E-state index >= 15 is 0 Å². The predicted molar refractivity (Wildman–Crippen MR) is 124 cm³/mol. The van der Waals surface area contributed by atoms with E-state index in [1.54, 1.807) is 0 Å². The second-order valence-corrected chi connectivity index (χ2v) is 8.96. The lowest BCUT2D eigenvalue weighted by atomic mass is 9.92. The third kappa shape index (κ3) is 3.68. The maximum absolute atomic E-state index is 6.08. The Morgan fingerprint density at radius 3 is 2.20 bits per heavy atom. The number of anilines is 1. The van der Waals surface area contributed by atoms with E-state index in [4.69, 9.17) is 21.7 Å². The first-order chi connectivity index (χ1) is 14.6. The van der Waals surface area contributed by atoms with E-state index < -0.39 is 0 Å². The summed E-state index contributed by atoms with van der Waals surface area (Å²) in [5.74, 6) is 2.42. The first-order valence-corrected chi connectivity index (χ1v) is 10.9. The molecule has 2 aromatic heterocycles. The third-order valence-electron chi connectivity index (χ3n) is 5.81. The quantitative estimate of drug-likeness (QED) is 0.398. The Labute approximate surface area is 182 Å². The summed E-state index contributed by atoms with van der Waals surface area (Å²) in [6.07, 6.45) is 1.27. The third-order valence-corrected chi connectivity index (χ3v) is 6.06. The van der Waals surface area contributed by atoms with Crippen molar-refractivity contribution in [1.82, 2.24) is 14.6 Å². The lowest BCUT2D eigenvalue weighted by molar-refractivity contribution is 0.354. The molecule has 1 saturated heterocycles. The first-order valence-electron chi connectivity index (χ1n) is 10.5. The normalized spacial score (nSPS) is 19.4. The van der Waals surface area contributed by atoms with Crippen molar-refractivity contribution in [1.29, 1.82) is 0 Å². The molecule has 0 spiro atoms. The summed E-state index contributed by atoms with van der Waals surface area (Å²) in [5.41, 5.74) is 4.91. The van der Waals surface area contributed by atoms with Crippen molar-refractivity contribution < 1.29 is 0 Å². The molecular weight excluding hydrogens is 392 g/mol. The fourth-order valence-corrected chi connectivity index (χ4v) is 4.68. The minimum Gasteiger partial charge on any atom is -0.356 e. The largest absolute Gasteiger partial charge is 0.356 e. The zero-order valence-corrected chi connectivity index (χ0v) is 18.0. The monoisotopic (exact) mass is 416 g/mol. The maximum atomic E-state index is 6.08.